The van der Waals surface area contributed by atoms with Gasteiger partial charge in [-0.15, -0.1) is 0 Å². The lowest BCUT2D eigenvalue weighted by molar-refractivity contribution is -0.123. The van der Waals surface area contributed by atoms with Crippen LogP contribution >= 0.6 is 15.9 Å². The zero-order chi connectivity index (χ0) is 8.10. The van der Waals surface area contributed by atoms with E-state index in [-0.39, 0.29) is 0 Å². The molecule has 1 aliphatic rings. The Balaban J connectivity index is 2.27. The Morgan fingerprint density at radius 2 is 1.91 bits per heavy atom. The molecule has 0 radical (unpaired) electrons. The summed E-state index contributed by atoms with van der Waals surface area (Å²) in [6, 6.07) is 0. The molecule has 0 aliphatic heterocycles. The second kappa shape index (κ2) is 4.91. The summed E-state index contributed by atoms with van der Waals surface area (Å²) in [5, 5.41) is 0.836. The van der Waals surface area contributed by atoms with E-state index < -0.39 is 0 Å². The van der Waals surface area contributed by atoms with Gasteiger partial charge in [-0.3, -0.25) is 4.79 Å². The largest absolute Gasteiger partial charge is 0.299 e. The van der Waals surface area contributed by atoms with Crippen LogP contribution in [0.1, 0.15) is 38.5 Å². The minimum atomic E-state index is 0.404. The van der Waals surface area contributed by atoms with E-state index in [2.05, 4.69) is 15.9 Å². The maximum atomic E-state index is 11.4. The quantitative estimate of drug-likeness (QED) is 0.667. The molecule has 0 amide bonds. The highest BCUT2D eigenvalue weighted by atomic mass is 79.9. The normalized spacial score (nSPS) is 20.1. The lowest BCUT2D eigenvalue weighted by Gasteiger charge is -2.19. The molecule has 0 heterocycles. The van der Waals surface area contributed by atoms with Crippen molar-refractivity contribution < 1.29 is 4.79 Å². The molecule has 1 rings (SSSR count). The molecule has 1 fully saturated rings. The average molecular weight is 219 g/mol. The van der Waals surface area contributed by atoms with Gasteiger partial charge in [-0.25, -0.2) is 0 Å². The SMILES string of the molecule is O=C(CCBr)C1CCCCC1. The van der Waals surface area contributed by atoms with Gasteiger partial charge in [0.05, 0.1) is 0 Å². The van der Waals surface area contributed by atoms with Crippen molar-refractivity contribution in [1.82, 2.24) is 0 Å². The van der Waals surface area contributed by atoms with Crippen LogP contribution in [0.4, 0.5) is 0 Å². The third-order valence-corrected chi connectivity index (χ3v) is 2.80. The van der Waals surface area contributed by atoms with Crippen LogP contribution in [0.15, 0.2) is 0 Å². The highest BCUT2D eigenvalue weighted by Crippen LogP contribution is 2.25. The van der Waals surface area contributed by atoms with E-state index in [1.54, 1.807) is 0 Å². The topological polar surface area (TPSA) is 17.1 Å². The molecule has 1 nitrogen and oxygen atoms in total. The fourth-order valence-corrected chi connectivity index (χ4v) is 2.11. The molecule has 1 aliphatic carbocycles. The first-order chi connectivity index (χ1) is 5.34. The third kappa shape index (κ3) is 2.94. The summed E-state index contributed by atoms with van der Waals surface area (Å²) < 4.78 is 0. The van der Waals surface area contributed by atoms with Crippen LogP contribution in [-0.2, 0) is 4.79 Å². The van der Waals surface area contributed by atoms with Crippen LogP contribution in [-0.4, -0.2) is 11.1 Å². The van der Waals surface area contributed by atoms with Gasteiger partial charge in [0.15, 0.2) is 0 Å². The van der Waals surface area contributed by atoms with Gasteiger partial charge in [-0.1, -0.05) is 35.2 Å². The van der Waals surface area contributed by atoms with Crippen molar-refractivity contribution in [3.63, 3.8) is 0 Å². The second-order valence-electron chi connectivity index (χ2n) is 3.24. The van der Waals surface area contributed by atoms with E-state index in [1.165, 1.54) is 19.3 Å². The molecule has 11 heavy (non-hydrogen) atoms. The number of carbonyl (C=O) groups is 1. The number of ketones is 1. The van der Waals surface area contributed by atoms with Crippen LogP contribution in [0.5, 0.6) is 0 Å². The van der Waals surface area contributed by atoms with Gasteiger partial charge in [0.25, 0.3) is 0 Å². The second-order valence-corrected chi connectivity index (χ2v) is 4.03. The number of Topliss-reactive ketones (excluding diaryl/α,β-unsaturated/α-hetero) is 1. The Kier molecular flexibility index (Phi) is 4.13. The summed E-state index contributed by atoms with van der Waals surface area (Å²) in [4.78, 5) is 11.4. The standard InChI is InChI=1S/C9H15BrO/c10-7-6-9(11)8-4-2-1-3-5-8/h8H,1-7H2. The van der Waals surface area contributed by atoms with Gasteiger partial charge in [0.1, 0.15) is 5.78 Å². The molecule has 0 aromatic heterocycles. The Morgan fingerprint density at radius 1 is 1.27 bits per heavy atom. The molecule has 0 atom stereocenters. The van der Waals surface area contributed by atoms with Crippen molar-refractivity contribution in [2.24, 2.45) is 5.92 Å². The number of halogens is 1. The number of hydrogen-bond donors (Lipinski definition) is 0. The molecule has 0 saturated heterocycles. The van der Waals surface area contributed by atoms with Crippen LogP contribution in [0, 0.1) is 5.92 Å². The number of rotatable bonds is 3. The van der Waals surface area contributed by atoms with Gasteiger partial charge in [0.2, 0.25) is 0 Å². The minimum absolute atomic E-state index is 0.404. The van der Waals surface area contributed by atoms with Crippen LogP contribution < -0.4 is 0 Å². The molecular weight excluding hydrogens is 204 g/mol. The molecule has 1 saturated carbocycles. The predicted molar refractivity (Wildman–Crippen MR) is 50.0 cm³/mol. The zero-order valence-electron chi connectivity index (χ0n) is 6.81. The van der Waals surface area contributed by atoms with E-state index in [4.69, 9.17) is 0 Å². The summed E-state index contributed by atoms with van der Waals surface area (Å²) in [6.45, 7) is 0. The number of alkyl halides is 1. The first kappa shape index (κ1) is 9.24. The first-order valence-electron chi connectivity index (χ1n) is 4.43. The summed E-state index contributed by atoms with van der Waals surface area (Å²) in [7, 11) is 0. The third-order valence-electron chi connectivity index (χ3n) is 2.40. The summed E-state index contributed by atoms with van der Waals surface area (Å²) >= 11 is 3.30. The molecule has 0 aromatic rings. The Morgan fingerprint density at radius 3 is 2.45 bits per heavy atom. The van der Waals surface area contributed by atoms with Crippen LogP contribution in [0.2, 0.25) is 0 Å². The highest BCUT2D eigenvalue weighted by Gasteiger charge is 2.19. The van der Waals surface area contributed by atoms with Crippen molar-refractivity contribution in [2.45, 2.75) is 38.5 Å². The summed E-state index contributed by atoms with van der Waals surface area (Å²) in [6.07, 6.45) is 6.87. The van der Waals surface area contributed by atoms with E-state index in [0.717, 1.165) is 24.6 Å². The van der Waals surface area contributed by atoms with Gasteiger partial charge in [-0.2, -0.15) is 0 Å². The lowest BCUT2D eigenvalue weighted by atomic mass is 9.85. The van der Waals surface area contributed by atoms with E-state index >= 15 is 0 Å². The van der Waals surface area contributed by atoms with Gasteiger partial charge in [0, 0.05) is 17.7 Å². The maximum Gasteiger partial charge on any atom is 0.136 e. The average Bonchev–Trinajstić information content (AvgIpc) is 2.07. The smallest absolute Gasteiger partial charge is 0.136 e. The molecule has 0 unspecified atom stereocenters. The monoisotopic (exact) mass is 218 g/mol. The molecule has 0 spiro atoms. The maximum absolute atomic E-state index is 11.4. The summed E-state index contributed by atoms with van der Waals surface area (Å²) in [5.74, 6) is 0.878. The molecule has 0 bridgehead atoms. The van der Waals surface area contributed by atoms with Crippen LogP contribution in [0.25, 0.3) is 0 Å². The molecular formula is C9H15BrO. The number of carbonyl (C=O) groups excluding carboxylic acids is 1. The van der Waals surface area contributed by atoms with E-state index in [9.17, 15) is 4.79 Å². The fourth-order valence-electron chi connectivity index (χ4n) is 1.72. The van der Waals surface area contributed by atoms with E-state index in [0.29, 0.717) is 11.7 Å². The van der Waals surface area contributed by atoms with E-state index in [1.807, 2.05) is 0 Å². The lowest BCUT2D eigenvalue weighted by Crippen LogP contribution is -2.17. The molecule has 0 aromatic carbocycles. The van der Waals surface area contributed by atoms with Gasteiger partial charge < -0.3 is 0 Å². The fraction of sp³-hybridized carbons (Fsp3) is 0.889. The molecule has 64 valence electrons. The van der Waals surface area contributed by atoms with Crippen molar-refractivity contribution >= 4 is 21.7 Å². The Bertz CT molecular complexity index is 128. The van der Waals surface area contributed by atoms with Crippen molar-refractivity contribution in [3.8, 4) is 0 Å². The van der Waals surface area contributed by atoms with Crippen molar-refractivity contribution in [3.05, 3.63) is 0 Å². The summed E-state index contributed by atoms with van der Waals surface area (Å²) in [5.41, 5.74) is 0. The predicted octanol–water partition coefficient (Wildman–Crippen LogP) is 2.92. The number of hydrogen-bond acceptors (Lipinski definition) is 1. The minimum Gasteiger partial charge on any atom is -0.299 e. The van der Waals surface area contributed by atoms with Gasteiger partial charge in [-0.05, 0) is 12.8 Å². The van der Waals surface area contributed by atoms with Crippen molar-refractivity contribution in [1.29, 1.82) is 0 Å². The zero-order valence-corrected chi connectivity index (χ0v) is 8.40. The van der Waals surface area contributed by atoms with Crippen molar-refractivity contribution in [2.75, 3.05) is 5.33 Å². The molecule has 2 heteroatoms. The Labute approximate surface area is 76.7 Å². The first-order valence-corrected chi connectivity index (χ1v) is 5.55. The molecule has 0 N–H and O–H groups in total. The van der Waals surface area contributed by atoms with Crippen LogP contribution in [0.3, 0.4) is 0 Å². The van der Waals surface area contributed by atoms with Gasteiger partial charge >= 0.3 is 0 Å². The Hall–Kier alpha value is 0.150. The highest BCUT2D eigenvalue weighted by molar-refractivity contribution is 9.09.